The molecule has 0 saturated carbocycles. The molecule has 6 nitrogen and oxygen atoms in total. The van der Waals surface area contributed by atoms with Gasteiger partial charge in [-0.25, -0.2) is 15.0 Å². The Morgan fingerprint density at radius 1 is 1.08 bits per heavy atom. The minimum Gasteiger partial charge on any atom is -0.394 e. The zero-order chi connectivity index (χ0) is 16.8. The molecule has 124 valence electrons. The molecule has 7 heteroatoms. The zero-order valence-electron chi connectivity index (χ0n) is 12.9. The molecule has 1 aromatic carbocycles. The summed E-state index contributed by atoms with van der Waals surface area (Å²) in [5.41, 5.74) is 1.64. The van der Waals surface area contributed by atoms with Crippen molar-refractivity contribution in [1.82, 2.24) is 15.0 Å². The monoisotopic (exact) mass is 344 g/mol. The van der Waals surface area contributed by atoms with Gasteiger partial charge in [-0.15, -0.1) is 0 Å². The van der Waals surface area contributed by atoms with Gasteiger partial charge in [0.1, 0.15) is 11.0 Å². The fourth-order valence-corrected chi connectivity index (χ4v) is 2.37. The number of aromatic nitrogens is 3. The first-order valence-corrected chi connectivity index (χ1v) is 7.97. The van der Waals surface area contributed by atoms with Gasteiger partial charge in [-0.2, -0.15) is 0 Å². The van der Waals surface area contributed by atoms with Crippen LogP contribution in [-0.2, 0) is 4.74 Å². The lowest BCUT2D eigenvalue weighted by Gasteiger charge is -2.11. The van der Waals surface area contributed by atoms with E-state index in [1.807, 2.05) is 30.3 Å². The van der Waals surface area contributed by atoms with Gasteiger partial charge in [-0.3, -0.25) is 0 Å². The summed E-state index contributed by atoms with van der Waals surface area (Å²) in [6.45, 7) is 1.41. The first-order valence-electron chi connectivity index (χ1n) is 7.59. The molecule has 24 heavy (non-hydrogen) atoms. The normalized spacial score (nSPS) is 10.9. The van der Waals surface area contributed by atoms with Crippen molar-refractivity contribution in [3.8, 4) is 11.4 Å². The minimum atomic E-state index is 0.0180. The molecule has 3 rings (SSSR count). The van der Waals surface area contributed by atoms with E-state index in [0.717, 1.165) is 22.3 Å². The number of ether oxygens (including phenoxy) is 1. The molecule has 0 amide bonds. The molecule has 0 bridgehead atoms. The van der Waals surface area contributed by atoms with Gasteiger partial charge in [0.25, 0.3) is 0 Å². The number of halogens is 1. The number of aliphatic hydroxyl groups is 1. The molecule has 0 unspecified atom stereocenters. The second-order valence-corrected chi connectivity index (χ2v) is 5.43. The Morgan fingerprint density at radius 3 is 2.75 bits per heavy atom. The van der Waals surface area contributed by atoms with Gasteiger partial charge in [0, 0.05) is 23.7 Å². The topological polar surface area (TPSA) is 80.2 Å². The molecule has 0 aliphatic rings. The zero-order valence-corrected chi connectivity index (χ0v) is 13.7. The molecule has 0 spiro atoms. The highest BCUT2D eigenvalue weighted by atomic mass is 35.5. The Labute approximate surface area is 144 Å². The Balaban J connectivity index is 1.89. The van der Waals surface area contributed by atoms with E-state index in [4.69, 9.17) is 21.4 Å². The van der Waals surface area contributed by atoms with E-state index in [2.05, 4.69) is 20.3 Å². The first kappa shape index (κ1) is 16.6. The third kappa shape index (κ3) is 3.97. The highest BCUT2D eigenvalue weighted by Crippen LogP contribution is 2.24. The standard InChI is InChI=1S/C17H17ClN4O2/c18-15-6-5-12(11-20-15)16-21-14-4-2-1-3-13(14)17(22-16)19-7-9-24-10-8-23/h1-6,11,23H,7-10H2,(H,19,21,22). The fraction of sp³-hybridized carbons (Fsp3) is 0.235. The number of pyridine rings is 1. The number of nitrogens with one attached hydrogen (secondary N) is 1. The molecule has 2 aromatic heterocycles. The van der Waals surface area contributed by atoms with Crippen LogP contribution in [0.3, 0.4) is 0 Å². The molecular weight excluding hydrogens is 328 g/mol. The molecule has 0 aliphatic carbocycles. The van der Waals surface area contributed by atoms with E-state index in [1.54, 1.807) is 12.3 Å². The Hall–Kier alpha value is -2.28. The van der Waals surface area contributed by atoms with E-state index in [0.29, 0.717) is 30.7 Å². The molecule has 2 N–H and O–H groups in total. The van der Waals surface area contributed by atoms with Crippen molar-refractivity contribution < 1.29 is 9.84 Å². The predicted molar refractivity (Wildman–Crippen MR) is 94.2 cm³/mol. The van der Waals surface area contributed by atoms with Crippen LogP contribution < -0.4 is 5.32 Å². The van der Waals surface area contributed by atoms with Crippen molar-refractivity contribution in [3.63, 3.8) is 0 Å². The number of hydrogen-bond donors (Lipinski definition) is 2. The Bertz CT molecular complexity index is 811. The van der Waals surface area contributed by atoms with Crippen LogP contribution in [-0.4, -0.2) is 46.4 Å². The van der Waals surface area contributed by atoms with Crippen molar-refractivity contribution in [2.75, 3.05) is 31.7 Å². The second-order valence-electron chi connectivity index (χ2n) is 5.05. The quantitative estimate of drug-likeness (QED) is 0.507. The van der Waals surface area contributed by atoms with Crippen molar-refractivity contribution in [3.05, 3.63) is 47.7 Å². The van der Waals surface area contributed by atoms with Crippen molar-refractivity contribution in [2.45, 2.75) is 0 Å². The van der Waals surface area contributed by atoms with Gasteiger partial charge in [0.2, 0.25) is 0 Å². The highest BCUT2D eigenvalue weighted by Gasteiger charge is 2.09. The summed E-state index contributed by atoms with van der Waals surface area (Å²) in [4.78, 5) is 13.3. The highest BCUT2D eigenvalue weighted by molar-refractivity contribution is 6.29. The van der Waals surface area contributed by atoms with E-state index >= 15 is 0 Å². The summed E-state index contributed by atoms with van der Waals surface area (Å²) in [5.74, 6) is 1.31. The largest absolute Gasteiger partial charge is 0.394 e. The number of anilines is 1. The lowest BCUT2D eigenvalue weighted by atomic mass is 10.2. The van der Waals surface area contributed by atoms with E-state index < -0.39 is 0 Å². The lowest BCUT2D eigenvalue weighted by Crippen LogP contribution is -2.13. The lowest BCUT2D eigenvalue weighted by molar-refractivity contribution is 0.0992. The van der Waals surface area contributed by atoms with E-state index in [9.17, 15) is 0 Å². The second kappa shape index (κ2) is 8.01. The van der Waals surface area contributed by atoms with Crippen molar-refractivity contribution in [2.24, 2.45) is 0 Å². The van der Waals surface area contributed by atoms with Gasteiger partial charge in [-0.05, 0) is 24.3 Å². The van der Waals surface area contributed by atoms with Crippen LogP contribution in [0.4, 0.5) is 5.82 Å². The molecule has 0 radical (unpaired) electrons. The van der Waals surface area contributed by atoms with Crippen LogP contribution in [0.1, 0.15) is 0 Å². The summed E-state index contributed by atoms with van der Waals surface area (Å²) in [6.07, 6.45) is 1.65. The smallest absolute Gasteiger partial charge is 0.163 e. The maximum Gasteiger partial charge on any atom is 0.163 e. The maximum absolute atomic E-state index is 8.72. The number of aliphatic hydroxyl groups excluding tert-OH is 1. The number of para-hydroxylation sites is 1. The van der Waals surface area contributed by atoms with Crippen LogP contribution in [0.2, 0.25) is 5.15 Å². The number of benzene rings is 1. The van der Waals surface area contributed by atoms with Crippen LogP contribution in [0.15, 0.2) is 42.6 Å². The summed E-state index contributed by atoms with van der Waals surface area (Å²) in [5, 5.41) is 13.4. The van der Waals surface area contributed by atoms with Crippen LogP contribution in [0.5, 0.6) is 0 Å². The van der Waals surface area contributed by atoms with Gasteiger partial charge < -0.3 is 15.2 Å². The minimum absolute atomic E-state index is 0.0180. The third-order valence-electron chi connectivity index (χ3n) is 3.36. The SMILES string of the molecule is OCCOCCNc1nc(-c2ccc(Cl)nc2)nc2ccccc12. The fourth-order valence-electron chi connectivity index (χ4n) is 2.26. The van der Waals surface area contributed by atoms with Crippen molar-refractivity contribution >= 4 is 28.3 Å². The van der Waals surface area contributed by atoms with Crippen LogP contribution >= 0.6 is 11.6 Å². The molecule has 0 fully saturated rings. The third-order valence-corrected chi connectivity index (χ3v) is 3.59. The molecule has 0 aliphatic heterocycles. The van der Waals surface area contributed by atoms with E-state index in [1.165, 1.54) is 0 Å². The number of rotatable bonds is 7. The molecule has 0 atom stereocenters. The predicted octanol–water partition coefficient (Wildman–Crippen LogP) is 2.77. The average Bonchev–Trinajstić information content (AvgIpc) is 2.62. The van der Waals surface area contributed by atoms with E-state index in [-0.39, 0.29) is 6.61 Å². The Morgan fingerprint density at radius 2 is 1.96 bits per heavy atom. The van der Waals surface area contributed by atoms with Crippen LogP contribution in [0, 0.1) is 0 Å². The number of fused-ring (bicyclic) bond motifs is 1. The summed E-state index contributed by atoms with van der Waals surface area (Å²) in [7, 11) is 0. The van der Waals surface area contributed by atoms with Gasteiger partial charge in [-0.1, -0.05) is 23.7 Å². The first-order chi connectivity index (χ1) is 11.8. The summed E-state index contributed by atoms with van der Waals surface area (Å²) >= 11 is 5.84. The van der Waals surface area contributed by atoms with Crippen LogP contribution in [0.25, 0.3) is 22.3 Å². The summed E-state index contributed by atoms with van der Waals surface area (Å²) in [6, 6.07) is 11.3. The number of nitrogens with zero attached hydrogens (tertiary/aromatic N) is 3. The molecule has 0 saturated heterocycles. The Kier molecular flexibility index (Phi) is 5.53. The van der Waals surface area contributed by atoms with Crippen molar-refractivity contribution in [1.29, 1.82) is 0 Å². The number of hydrogen-bond acceptors (Lipinski definition) is 6. The van der Waals surface area contributed by atoms with Gasteiger partial charge >= 0.3 is 0 Å². The van der Waals surface area contributed by atoms with Gasteiger partial charge in [0.05, 0.1) is 25.3 Å². The molecule has 2 heterocycles. The summed E-state index contributed by atoms with van der Waals surface area (Å²) < 4.78 is 5.26. The molecule has 3 aromatic rings. The van der Waals surface area contributed by atoms with Gasteiger partial charge in [0.15, 0.2) is 5.82 Å². The maximum atomic E-state index is 8.72. The average molecular weight is 345 g/mol. The molecular formula is C17H17ClN4O2.